The van der Waals surface area contributed by atoms with Crippen LogP contribution in [0.25, 0.3) is 0 Å². The van der Waals surface area contributed by atoms with E-state index in [2.05, 4.69) is 0 Å². The van der Waals surface area contributed by atoms with Crippen LogP contribution in [0.1, 0.15) is 24.3 Å². The molecule has 0 saturated heterocycles. The molecule has 4 heteroatoms. The van der Waals surface area contributed by atoms with Crippen molar-refractivity contribution in [3.05, 3.63) is 65.7 Å². The summed E-state index contributed by atoms with van der Waals surface area (Å²) in [7, 11) is 0. The standard InChI is InChI=1S/C17H19F2NO/c18-14-7-9-15(10-8-14)21-11-3-4-13(12-20)16-5-1-2-6-17(16)19/h1-2,5-10,13H,3-4,11-12,20H2. The van der Waals surface area contributed by atoms with E-state index in [1.165, 1.54) is 18.2 Å². The molecule has 112 valence electrons. The molecule has 0 aliphatic rings. The van der Waals surface area contributed by atoms with Gasteiger partial charge in [-0.1, -0.05) is 18.2 Å². The minimum Gasteiger partial charge on any atom is -0.494 e. The van der Waals surface area contributed by atoms with Crippen molar-refractivity contribution >= 4 is 0 Å². The Morgan fingerprint density at radius 3 is 2.38 bits per heavy atom. The first-order valence-corrected chi connectivity index (χ1v) is 7.03. The maximum absolute atomic E-state index is 13.7. The van der Waals surface area contributed by atoms with E-state index in [9.17, 15) is 8.78 Å². The smallest absolute Gasteiger partial charge is 0.126 e. The van der Waals surface area contributed by atoms with Crippen molar-refractivity contribution in [3.63, 3.8) is 0 Å². The monoisotopic (exact) mass is 291 g/mol. The van der Waals surface area contributed by atoms with Crippen LogP contribution in [0.2, 0.25) is 0 Å². The minimum atomic E-state index is -0.287. The van der Waals surface area contributed by atoms with Crippen molar-refractivity contribution < 1.29 is 13.5 Å². The fourth-order valence-corrected chi connectivity index (χ4v) is 2.26. The highest BCUT2D eigenvalue weighted by Crippen LogP contribution is 2.23. The molecule has 1 unspecified atom stereocenters. The van der Waals surface area contributed by atoms with Crippen LogP contribution >= 0.6 is 0 Å². The molecule has 2 nitrogen and oxygen atoms in total. The van der Waals surface area contributed by atoms with Crippen LogP contribution in [0.5, 0.6) is 5.75 Å². The van der Waals surface area contributed by atoms with Crippen LogP contribution < -0.4 is 10.5 Å². The predicted octanol–water partition coefficient (Wildman–Crippen LogP) is 3.87. The summed E-state index contributed by atoms with van der Waals surface area (Å²) < 4.78 is 32.0. The Kier molecular flexibility index (Phi) is 5.69. The summed E-state index contributed by atoms with van der Waals surface area (Å²) in [5, 5.41) is 0. The zero-order chi connectivity index (χ0) is 15.1. The van der Waals surface area contributed by atoms with Crippen LogP contribution in [0.3, 0.4) is 0 Å². The largest absolute Gasteiger partial charge is 0.494 e. The second kappa shape index (κ2) is 7.74. The number of halogens is 2. The van der Waals surface area contributed by atoms with E-state index in [1.807, 2.05) is 6.07 Å². The van der Waals surface area contributed by atoms with E-state index >= 15 is 0 Å². The zero-order valence-corrected chi connectivity index (χ0v) is 11.8. The Labute approximate surface area is 123 Å². The lowest BCUT2D eigenvalue weighted by atomic mass is 9.94. The molecule has 0 aliphatic carbocycles. The molecular weight excluding hydrogens is 272 g/mol. The van der Waals surface area contributed by atoms with Gasteiger partial charge in [-0.3, -0.25) is 0 Å². The summed E-state index contributed by atoms with van der Waals surface area (Å²) in [5.41, 5.74) is 6.39. The molecule has 2 N–H and O–H groups in total. The molecule has 0 fully saturated rings. The highest BCUT2D eigenvalue weighted by molar-refractivity contribution is 5.23. The normalized spacial score (nSPS) is 12.1. The topological polar surface area (TPSA) is 35.2 Å². The van der Waals surface area contributed by atoms with Gasteiger partial charge in [0.15, 0.2) is 0 Å². The van der Waals surface area contributed by atoms with Crippen molar-refractivity contribution in [2.45, 2.75) is 18.8 Å². The summed E-state index contributed by atoms with van der Waals surface area (Å²) in [6.45, 7) is 0.897. The van der Waals surface area contributed by atoms with E-state index in [0.717, 1.165) is 12.8 Å². The highest BCUT2D eigenvalue weighted by Gasteiger charge is 2.13. The quantitative estimate of drug-likeness (QED) is 0.786. The fraction of sp³-hybridized carbons (Fsp3) is 0.294. The van der Waals surface area contributed by atoms with Crippen molar-refractivity contribution in [1.82, 2.24) is 0 Å². The van der Waals surface area contributed by atoms with E-state index in [0.29, 0.717) is 24.5 Å². The fourth-order valence-electron chi connectivity index (χ4n) is 2.26. The Morgan fingerprint density at radius 2 is 1.71 bits per heavy atom. The van der Waals surface area contributed by atoms with Crippen molar-refractivity contribution in [2.24, 2.45) is 5.73 Å². The molecule has 2 rings (SSSR count). The molecule has 0 aromatic heterocycles. The van der Waals surface area contributed by atoms with Crippen LogP contribution in [0.4, 0.5) is 8.78 Å². The van der Waals surface area contributed by atoms with E-state index in [1.54, 1.807) is 24.3 Å². The van der Waals surface area contributed by atoms with E-state index < -0.39 is 0 Å². The number of nitrogens with two attached hydrogens (primary N) is 1. The van der Waals surface area contributed by atoms with Gasteiger partial charge in [0, 0.05) is 0 Å². The Balaban J connectivity index is 1.81. The molecule has 0 spiro atoms. The summed E-state index contributed by atoms with van der Waals surface area (Å²) in [6, 6.07) is 12.6. The molecule has 0 amide bonds. The van der Waals surface area contributed by atoms with Gasteiger partial charge in [-0.25, -0.2) is 8.78 Å². The van der Waals surface area contributed by atoms with Crippen molar-refractivity contribution in [3.8, 4) is 5.75 Å². The molecule has 0 radical (unpaired) electrons. The second-order valence-electron chi connectivity index (χ2n) is 4.90. The Hall–Kier alpha value is -1.94. The first-order valence-electron chi connectivity index (χ1n) is 7.03. The molecule has 0 bridgehead atoms. The van der Waals surface area contributed by atoms with Crippen LogP contribution in [-0.4, -0.2) is 13.2 Å². The molecular formula is C17H19F2NO. The number of benzene rings is 2. The van der Waals surface area contributed by atoms with Crippen LogP contribution in [0.15, 0.2) is 48.5 Å². The van der Waals surface area contributed by atoms with Gasteiger partial charge in [0.1, 0.15) is 17.4 Å². The van der Waals surface area contributed by atoms with Gasteiger partial charge in [-0.05, 0) is 61.2 Å². The predicted molar refractivity (Wildman–Crippen MR) is 79.3 cm³/mol. The summed E-state index contributed by atoms with van der Waals surface area (Å²) in [4.78, 5) is 0. The van der Waals surface area contributed by atoms with Crippen molar-refractivity contribution in [2.75, 3.05) is 13.2 Å². The third-order valence-corrected chi connectivity index (χ3v) is 3.41. The minimum absolute atomic E-state index is 0.0111. The summed E-state index contributed by atoms with van der Waals surface area (Å²) in [6.07, 6.45) is 1.51. The maximum Gasteiger partial charge on any atom is 0.126 e. The molecule has 0 aliphatic heterocycles. The molecule has 0 saturated carbocycles. The average molecular weight is 291 g/mol. The second-order valence-corrected chi connectivity index (χ2v) is 4.90. The SMILES string of the molecule is NCC(CCCOc1ccc(F)cc1)c1ccccc1F. The van der Waals surface area contributed by atoms with Gasteiger partial charge >= 0.3 is 0 Å². The summed E-state index contributed by atoms with van der Waals surface area (Å²) in [5.74, 6) is 0.118. The molecule has 21 heavy (non-hydrogen) atoms. The average Bonchev–Trinajstić information content (AvgIpc) is 2.50. The third-order valence-electron chi connectivity index (χ3n) is 3.41. The first-order chi connectivity index (χ1) is 10.2. The lowest BCUT2D eigenvalue weighted by Crippen LogP contribution is -2.15. The molecule has 2 aromatic carbocycles. The number of hydrogen-bond acceptors (Lipinski definition) is 2. The van der Waals surface area contributed by atoms with Crippen LogP contribution in [0, 0.1) is 11.6 Å². The molecule has 0 heterocycles. The molecule has 2 aromatic rings. The van der Waals surface area contributed by atoms with Gasteiger partial charge in [0.25, 0.3) is 0 Å². The van der Waals surface area contributed by atoms with Gasteiger partial charge in [-0.15, -0.1) is 0 Å². The zero-order valence-electron chi connectivity index (χ0n) is 11.8. The van der Waals surface area contributed by atoms with Crippen molar-refractivity contribution in [1.29, 1.82) is 0 Å². The highest BCUT2D eigenvalue weighted by atomic mass is 19.1. The number of hydrogen-bond donors (Lipinski definition) is 1. The Bertz CT molecular complexity index is 557. The van der Waals surface area contributed by atoms with E-state index in [4.69, 9.17) is 10.5 Å². The van der Waals surface area contributed by atoms with Gasteiger partial charge in [-0.2, -0.15) is 0 Å². The number of ether oxygens (including phenoxy) is 1. The van der Waals surface area contributed by atoms with Crippen LogP contribution in [-0.2, 0) is 0 Å². The Morgan fingerprint density at radius 1 is 1.00 bits per heavy atom. The molecule has 1 atom stereocenters. The maximum atomic E-state index is 13.7. The lowest BCUT2D eigenvalue weighted by molar-refractivity contribution is 0.300. The lowest BCUT2D eigenvalue weighted by Gasteiger charge is -2.16. The van der Waals surface area contributed by atoms with Gasteiger partial charge in [0.05, 0.1) is 6.61 Å². The van der Waals surface area contributed by atoms with E-state index in [-0.39, 0.29) is 17.6 Å². The van der Waals surface area contributed by atoms with Gasteiger partial charge < -0.3 is 10.5 Å². The summed E-state index contributed by atoms with van der Waals surface area (Å²) >= 11 is 0. The van der Waals surface area contributed by atoms with Gasteiger partial charge in [0.2, 0.25) is 0 Å². The number of rotatable bonds is 7. The first kappa shape index (κ1) is 15.4. The third kappa shape index (κ3) is 4.53.